The van der Waals surface area contributed by atoms with E-state index in [1.54, 1.807) is 75.4 Å². The highest BCUT2D eigenvalue weighted by Crippen LogP contribution is 2.42. The fourth-order valence-electron chi connectivity index (χ4n) is 9.31. The van der Waals surface area contributed by atoms with E-state index in [2.05, 4.69) is 21.3 Å². The zero-order chi connectivity index (χ0) is 82.0. The van der Waals surface area contributed by atoms with Crippen LogP contribution in [-0.4, -0.2) is 147 Å². The minimum absolute atomic E-state index is 0.00000776. The number of benzene rings is 8. The Labute approximate surface area is 645 Å². The van der Waals surface area contributed by atoms with Crippen molar-refractivity contribution in [1.29, 1.82) is 0 Å². The number of alkyl halides is 12. The average Bonchev–Trinajstić information content (AvgIpc) is 0.820. The van der Waals surface area contributed by atoms with Crippen molar-refractivity contribution in [2.75, 3.05) is 130 Å². The Hall–Kier alpha value is -9.63. The van der Waals surface area contributed by atoms with Crippen LogP contribution in [0.4, 0.5) is 79.8 Å². The minimum Gasteiger partial charge on any atom is -0.496 e. The van der Waals surface area contributed by atoms with E-state index in [1.165, 1.54) is 37.4 Å². The molecule has 4 N–H and O–H groups in total. The number of anilines is 4. The van der Waals surface area contributed by atoms with Gasteiger partial charge in [-0.05, 0) is 184 Å². The summed E-state index contributed by atoms with van der Waals surface area (Å²) in [6.07, 6.45) is -18.6. The van der Waals surface area contributed by atoms with E-state index in [1.807, 2.05) is 57.0 Å². The number of rotatable bonds is 27. The van der Waals surface area contributed by atoms with Crippen molar-refractivity contribution in [3.63, 3.8) is 0 Å². The Morgan fingerprint density at radius 2 is 0.673 bits per heavy atom. The first kappa shape index (κ1) is 91.0. The van der Waals surface area contributed by atoms with Gasteiger partial charge in [-0.15, -0.1) is 0 Å². The lowest BCUT2D eigenvalue weighted by atomic mass is 10.1. The fraction of sp³-hybridized carbons (Fsp3) is 0.307. The number of carbonyl (C=O) groups is 4. The predicted octanol–water partition coefficient (Wildman–Crippen LogP) is 19.6. The van der Waals surface area contributed by atoms with Gasteiger partial charge in [0, 0.05) is 42.3 Å². The van der Waals surface area contributed by atoms with Gasteiger partial charge in [0.25, 0.3) is 23.6 Å². The maximum atomic E-state index is 13.9. The van der Waals surface area contributed by atoms with Crippen molar-refractivity contribution >= 4 is 92.8 Å². The summed E-state index contributed by atoms with van der Waals surface area (Å²) in [7, 11) is 12.7. The molecule has 8 aromatic rings. The molecular formula is C75H76Cl4F13N7O11. The highest BCUT2D eigenvalue weighted by atomic mass is 35.5. The van der Waals surface area contributed by atoms with Gasteiger partial charge >= 0.3 is 24.7 Å². The zero-order valence-electron chi connectivity index (χ0n) is 60.5. The first-order valence-electron chi connectivity index (χ1n) is 32.8. The number of nitrogens with one attached hydrogen (secondary N) is 4. The summed E-state index contributed by atoms with van der Waals surface area (Å²) < 4.78 is 208. The molecule has 8 aromatic carbocycles. The molecule has 596 valence electrons. The van der Waals surface area contributed by atoms with E-state index in [4.69, 9.17) is 79.6 Å². The third-order valence-corrected chi connectivity index (χ3v) is 15.8. The van der Waals surface area contributed by atoms with E-state index in [0.29, 0.717) is 87.8 Å². The van der Waals surface area contributed by atoms with Crippen molar-refractivity contribution in [2.24, 2.45) is 0 Å². The summed E-state index contributed by atoms with van der Waals surface area (Å²) in [4.78, 5) is 56.3. The Morgan fingerprint density at radius 1 is 0.355 bits per heavy atom. The number of carbonyl (C=O) groups excluding carboxylic acids is 4. The van der Waals surface area contributed by atoms with Crippen molar-refractivity contribution in [3.8, 4) is 40.2 Å². The summed E-state index contributed by atoms with van der Waals surface area (Å²) >= 11 is 22.5. The highest BCUT2D eigenvalue weighted by Gasteiger charge is 2.37. The van der Waals surface area contributed by atoms with Crippen molar-refractivity contribution in [1.82, 2.24) is 14.7 Å². The number of likely N-dealkylation sites (N-methyl/N-ethyl adjacent to an activating group) is 3. The van der Waals surface area contributed by atoms with Crippen LogP contribution in [0, 0.1) is 5.82 Å². The minimum atomic E-state index is -4.67. The lowest BCUT2D eigenvalue weighted by Gasteiger charge is -2.18. The molecule has 110 heavy (non-hydrogen) atoms. The Kier molecular flexibility index (Phi) is 34.7. The number of nitrogens with zero attached hydrogens (tertiary/aromatic N) is 3. The zero-order valence-corrected chi connectivity index (χ0v) is 63.5. The number of para-hydroxylation sites is 1. The molecule has 0 heterocycles. The summed E-state index contributed by atoms with van der Waals surface area (Å²) in [5, 5.41) is 7.90. The van der Waals surface area contributed by atoms with Crippen LogP contribution in [-0.2, 0) is 24.7 Å². The van der Waals surface area contributed by atoms with Gasteiger partial charge in [-0.1, -0.05) is 70.7 Å². The molecule has 18 nitrogen and oxygen atoms in total. The van der Waals surface area contributed by atoms with Gasteiger partial charge in [0.05, 0.1) is 69.3 Å². The SMILES string of the molecule is CCOc1cccc(F)c1C(=O)Nc1ccc(Cl)c(C(F)(F)F)c1.CCOc1cccc(OCCN(C)C)c1C(=O)Nc1ccc(C(F)(F)F)c(Cl)c1.CCOc1cccc(OCCN(C)C)c1NC(=O)c1ccc(Cl)c(C(F)(F)F)c1.COc1cccc(OCCN(C)C)c1C(=O)Nc1ccc(Cl)c(C(F)(F)F)c1. The van der Waals surface area contributed by atoms with Crippen molar-refractivity contribution < 1.29 is 109 Å². The van der Waals surface area contributed by atoms with Gasteiger partial charge in [-0.2, -0.15) is 52.7 Å². The molecule has 0 radical (unpaired) electrons. The first-order valence-corrected chi connectivity index (χ1v) is 34.3. The Morgan fingerprint density at radius 3 is 1.07 bits per heavy atom. The monoisotopic (exact) mass is 1640 g/mol. The number of hydrogen-bond donors (Lipinski definition) is 4. The molecule has 0 saturated carbocycles. The molecule has 35 heteroatoms. The smallest absolute Gasteiger partial charge is 0.417 e. The van der Waals surface area contributed by atoms with Gasteiger partial charge in [-0.3, -0.25) is 19.2 Å². The van der Waals surface area contributed by atoms with Crippen molar-refractivity contribution in [3.05, 3.63) is 216 Å². The van der Waals surface area contributed by atoms with Crippen LogP contribution in [0.25, 0.3) is 0 Å². The quantitative estimate of drug-likeness (QED) is 0.0356. The van der Waals surface area contributed by atoms with Crippen LogP contribution < -0.4 is 54.4 Å². The molecule has 0 aliphatic rings. The number of halogens is 17. The van der Waals surface area contributed by atoms with Crippen LogP contribution in [0.15, 0.2) is 146 Å². The topological polar surface area (TPSA) is 191 Å². The van der Waals surface area contributed by atoms with Gasteiger partial charge in [0.15, 0.2) is 0 Å². The highest BCUT2D eigenvalue weighted by molar-refractivity contribution is 6.33. The normalized spacial score (nSPS) is 11.4. The molecule has 4 amide bonds. The Bertz CT molecular complexity index is 4420. The van der Waals surface area contributed by atoms with Crippen LogP contribution in [0.3, 0.4) is 0 Å². The second-order valence-corrected chi connectivity index (χ2v) is 25.2. The second kappa shape index (κ2) is 42.0. The van der Waals surface area contributed by atoms with E-state index in [0.717, 1.165) is 48.5 Å². The van der Waals surface area contributed by atoms with Crippen LogP contribution in [0.2, 0.25) is 20.1 Å². The van der Waals surface area contributed by atoms with Crippen LogP contribution in [0.5, 0.6) is 40.2 Å². The van der Waals surface area contributed by atoms with E-state index in [-0.39, 0.29) is 68.9 Å². The maximum Gasteiger partial charge on any atom is 0.417 e. The number of methoxy groups -OCH3 is 1. The standard InChI is InChI=1S/2C20H22ClF3N2O3.C19H20ClF3N2O3.C16H12ClF4NO2/c1-4-28-16-6-5-7-17(29-11-10-26(2)3)18(16)25-19(27)13-8-9-15(21)14(12-13)20(22,23)24;1-4-28-16-6-5-7-17(29-11-10-26(2)3)18(16)19(27)25-13-8-9-14(15(21)12-13)20(22,23)24;1-25(2)9-10-28-16-6-4-5-15(27-3)17(16)18(26)24-12-7-8-14(20)13(11-12)19(21,22)23;1-2-24-13-5-3-4-12(18)14(13)15(23)22-9-6-7-11(17)10(8-9)16(19,20)21/h2*5-9,12H,4,10-11H2,1-3H3,(H,25,27);4-8,11H,9-10H2,1-3H3,(H,24,26);3-8H,2H2,1H3,(H,22,23). The number of amides is 4. The van der Waals surface area contributed by atoms with Gasteiger partial charge < -0.3 is 69.1 Å². The lowest BCUT2D eigenvalue weighted by molar-refractivity contribution is -0.138. The molecule has 0 bridgehead atoms. The van der Waals surface area contributed by atoms with Gasteiger partial charge in [0.2, 0.25) is 0 Å². The molecule has 0 spiro atoms. The largest absolute Gasteiger partial charge is 0.496 e. The van der Waals surface area contributed by atoms with Crippen LogP contribution in [0.1, 0.15) is 84.5 Å². The summed E-state index contributed by atoms with van der Waals surface area (Å²) in [5.74, 6) is -1.90. The molecule has 0 unspecified atom stereocenters. The van der Waals surface area contributed by atoms with Crippen molar-refractivity contribution in [2.45, 2.75) is 45.5 Å². The molecule has 0 aliphatic heterocycles. The number of ether oxygens (including phenoxy) is 7. The molecule has 8 rings (SSSR count). The van der Waals surface area contributed by atoms with Gasteiger partial charge in [0.1, 0.15) is 88.3 Å². The lowest BCUT2D eigenvalue weighted by Crippen LogP contribution is -2.21. The van der Waals surface area contributed by atoms with E-state index >= 15 is 0 Å². The Balaban J connectivity index is 0.000000263. The van der Waals surface area contributed by atoms with E-state index < -0.39 is 96.5 Å². The molecule has 0 atom stereocenters. The molecule has 0 aliphatic carbocycles. The third kappa shape index (κ3) is 27.7. The maximum absolute atomic E-state index is 13.9. The number of hydrogen-bond acceptors (Lipinski definition) is 14. The summed E-state index contributed by atoms with van der Waals surface area (Å²) in [6.45, 7) is 8.97. The molecule has 0 saturated heterocycles. The molecule has 0 aromatic heterocycles. The molecular weight excluding hydrogens is 1560 g/mol. The summed E-state index contributed by atoms with van der Waals surface area (Å²) in [5.41, 5.74) is -4.34. The van der Waals surface area contributed by atoms with Crippen LogP contribution >= 0.6 is 46.4 Å². The van der Waals surface area contributed by atoms with E-state index in [9.17, 15) is 76.3 Å². The average molecular weight is 1640 g/mol. The second-order valence-electron chi connectivity index (χ2n) is 23.5. The van der Waals surface area contributed by atoms with Gasteiger partial charge in [-0.25, -0.2) is 4.39 Å². The molecule has 0 fully saturated rings. The third-order valence-electron chi connectivity index (χ3n) is 14.5. The summed E-state index contributed by atoms with van der Waals surface area (Å²) in [6, 6.07) is 30.6. The fourth-order valence-corrected chi connectivity index (χ4v) is 10.3. The predicted molar refractivity (Wildman–Crippen MR) is 396 cm³/mol. The first-order chi connectivity index (χ1) is 51.6.